The number of ether oxygens (including phenoxy) is 2. The maximum Gasteiger partial charge on any atom is 0.143 e. The maximum atomic E-state index is 9.82. The van der Waals surface area contributed by atoms with Gasteiger partial charge in [0.2, 0.25) is 0 Å². The molecule has 0 radical (unpaired) electrons. The van der Waals surface area contributed by atoms with Gasteiger partial charge in [-0.1, -0.05) is 30.0 Å². The highest BCUT2D eigenvalue weighted by Gasteiger charge is 2.29. The fraction of sp³-hybridized carbons (Fsp3) is 0.538. The van der Waals surface area contributed by atoms with Gasteiger partial charge in [-0.15, -0.1) is 0 Å². The second kappa shape index (κ2) is 7.11. The molecule has 0 amide bonds. The summed E-state index contributed by atoms with van der Waals surface area (Å²) < 4.78 is 10.8. The minimum atomic E-state index is -0.368. The molecule has 3 atom stereocenters. The molecular weight excluding hydrogens is 252 g/mol. The van der Waals surface area contributed by atoms with Crippen LogP contribution in [0, 0.1) is 0 Å². The fourth-order valence-electron chi connectivity index (χ4n) is 1.97. The van der Waals surface area contributed by atoms with E-state index in [0.717, 1.165) is 4.90 Å². The van der Waals surface area contributed by atoms with Gasteiger partial charge in [-0.25, -0.2) is 0 Å². The van der Waals surface area contributed by atoms with Crippen molar-refractivity contribution in [1.29, 1.82) is 0 Å². The predicted molar refractivity (Wildman–Crippen MR) is 69.2 cm³/mol. The lowest BCUT2D eigenvalue weighted by atomic mass is 10.1. The van der Waals surface area contributed by atoms with E-state index in [1.807, 2.05) is 30.3 Å². The predicted octanol–water partition coefficient (Wildman–Crippen LogP) is 1.61. The molecule has 0 aliphatic carbocycles. The summed E-state index contributed by atoms with van der Waals surface area (Å²) in [7, 11) is 0. The molecule has 1 aromatic carbocycles. The lowest BCUT2D eigenvalue weighted by Gasteiger charge is -2.32. The summed E-state index contributed by atoms with van der Waals surface area (Å²) in [5, 5.41) is 18.4. The molecule has 1 heterocycles. The molecule has 0 saturated carbocycles. The van der Waals surface area contributed by atoms with Crippen LogP contribution in [-0.2, 0) is 9.47 Å². The Labute approximate surface area is 111 Å². The standard InChI is InChI=1S/C13H18O4S/c14-9-16-8-11-6-10(15)7-13(17-11)18-12-4-2-1-3-5-12/h1-5,10-11,13-15H,6-9H2/t10-,11-,13-/m0/s1. The summed E-state index contributed by atoms with van der Waals surface area (Å²) in [6.45, 7) is 0.00581. The first kappa shape index (κ1) is 13.8. The monoisotopic (exact) mass is 270 g/mol. The van der Waals surface area contributed by atoms with Crippen LogP contribution in [0.15, 0.2) is 35.2 Å². The van der Waals surface area contributed by atoms with Crippen LogP contribution in [0.5, 0.6) is 0 Å². The molecule has 1 aromatic rings. The van der Waals surface area contributed by atoms with Crippen LogP contribution < -0.4 is 0 Å². The zero-order valence-electron chi connectivity index (χ0n) is 10.1. The largest absolute Gasteiger partial charge is 0.393 e. The van der Waals surface area contributed by atoms with Gasteiger partial charge in [-0.05, 0) is 12.1 Å². The summed E-state index contributed by atoms with van der Waals surface area (Å²) in [6, 6.07) is 9.98. The third-order valence-corrected chi connectivity index (χ3v) is 3.86. The van der Waals surface area contributed by atoms with Crippen molar-refractivity contribution in [2.75, 3.05) is 13.4 Å². The van der Waals surface area contributed by atoms with Crippen molar-refractivity contribution in [2.24, 2.45) is 0 Å². The first-order valence-corrected chi connectivity index (χ1v) is 6.89. The van der Waals surface area contributed by atoms with Crippen molar-refractivity contribution in [3.63, 3.8) is 0 Å². The molecule has 0 spiro atoms. The molecule has 4 nitrogen and oxygen atoms in total. The van der Waals surface area contributed by atoms with Gasteiger partial charge in [-0.3, -0.25) is 0 Å². The van der Waals surface area contributed by atoms with E-state index >= 15 is 0 Å². The lowest BCUT2D eigenvalue weighted by molar-refractivity contribution is -0.111. The van der Waals surface area contributed by atoms with Gasteiger partial charge in [0.1, 0.15) is 12.2 Å². The SMILES string of the molecule is OCOC[C@@H]1C[C@H](O)C[C@H](Sc2ccccc2)O1. The summed E-state index contributed by atoms with van der Waals surface area (Å²) in [6.07, 6.45) is 0.662. The third-order valence-electron chi connectivity index (χ3n) is 2.75. The average Bonchev–Trinajstić information content (AvgIpc) is 2.37. The van der Waals surface area contributed by atoms with E-state index in [-0.39, 0.29) is 24.4 Å². The molecule has 1 saturated heterocycles. The Balaban J connectivity index is 1.88. The Morgan fingerprint density at radius 2 is 2.06 bits per heavy atom. The van der Waals surface area contributed by atoms with Crippen LogP contribution >= 0.6 is 11.8 Å². The van der Waals surface area contributed by atoms with Crippen molar-refractivity contribution in [1.82, 2.24) is 0 Å². The fourth-order valence-corrected chi connectivity index (χ4v) is 3.11. The second-order valence-electron chi connectivity index (χ2n) is 4.24. The highest BCUT2D eigenvalue weighted by Crippen LogP contribution is 2.32. The number of rotatable bonds is 5. The minimum Gasteiger partial charge on any atom is -0.393 e. The zero-order chi connectivity index (χ0) is 12.8. The average molecular weight is 270 g/mol. The van der Waals surface area contributed by atoms with E-state index in [0.29, 0.717) is 19.4 Å². The van der Waals surface area contributed by atoms with E-state index in [4.69, 9.17) is 14.6 Å². The number of hydrogen-bond donors (Lipinski definition) is 2. The summed E-state index contributed by atoms with van der Waals surface area (Å²) in [5.74, 6) is 0. The van der Waals surface area contributed by atoms with Crippen molar-refractivity contribution in [2.45, 2.75) is 35.4 Å². The molecule has 0 unspecified atom stereocenters. The number of hydrogen-bond acceptors (Lipinski definition) is 5. The highest BCUT2D eigenvalue weighted by molar-refractivity contribution is 7.99. The Morgan fingerprint density at radius 3 is 2.78 bits per heavy atom. The van der Waals surface area contributed by atoms with Crippen LogP contribution in [0.2, 0.25) is 0 Å². The van der Waals surface area contributed by atoms with Crippen molar-refractivity contribution < 1.29 is 19.7 Å². The first-order chi connectivity index (χ1) is 8.78. The van der Waals surface area contributed by atoms with Crippen LogP contribution in [0.3, 0.4) is 0 Å². The van der Waals surface area contributed by atoms with Crippen LogP contribution in [0.1, 0.15) is 12.8 Å². The minimum absolute atomic E-state index is 0.0663. The van der Waals surface area contributed by atoms with Crippen molar-refractivity contribution >= 4 is 11.8 Å². The molecule has 1 aliphatic heterocycles. The van der Waals surface area contributed by atoms with E-state index in [1.165, 1.54) is 0 Å². The maximum absolute atomic E-state index is 9.82. The van der Waals surface area contributed by atoms with Gasteiger partial charge in [-0.2, -0.15) is 0 Å². The molecule has 1 fully saturated rings. The van der Waals surface area contributed by atoms with Gasteiger partial charge < -0.3 is 19.7 Å². The molecular formula is C13H18O4S. The van der Waals surface area contributed by atoms with E-state index in [2.05, 4.69) is 0 Å². The lowest BCUT2D eigenvalue weighted by Crippen LogP contribution is -2.36. The Morgan fingerprint density at radius 1 is 1.28 bits per heavy atom. The van der Waals surface area contributed by atoms with Crippen molar-refractivity contribution in [3.8, 4) is 0 Å². The molecule has 0 aromatic heterocycles. The third kappa shape index (κ3) is 4.26. The normalized spacial score (nSPS) is 28.2. The van der Waals surface area contributed by atoms with E-state index in [1.54, 1.807) is 11.8 Å². The summed E-state index contributed by atoms with van der Waals surface area (Å²) >= 11 is 1.61. The molecule has 1 aliphatic rings. The van der Waals surface area contributed by atoms with Crippen LogP contribution in [0.25, 0.3) is 0 Å². The summed E-state index contributed by atoms with van der Waals surface area (Å²) in [4.78, 5) is 1.12. The van der Waals surface area contributed by atoms with Gasteiger partial charge in [0, 0.05) is 17.7 Å². The number of aliphatic hydroxyl groups is 2. The summed E-state index contributed by atoms with van der Waals surface area (Å²) in [5.41, 5.74) is -0.0663. The van der Waals surface area contributed by atoms with E-state index < -0.39 is 0 Å². The van der Waals surface area contributed by atoms with Crippen LogP contribution in [-0.4, -0.2) is 41.3 Å². The first-order valence-electron chi connectivity index (χ1n) is 6.01. The Hall–Kier alpha value is -0.590. The van der Waals surface area contributed by atoms with Gasteiger partial charge >= 0.3 is 0 Å². The number of thioether (sulfide) groups is 1. The molecule has 2 N–H and O–H groups in total. The zero-order valence-corrected chi connectivity index (χ0v) is 10.9. The molecule has 18 heavy (non-hydrogen) atoms. The molecule has 0 bridgehead atoms. The Bertz CT molecular complexity index is 346. The molecule has 100 valence electrons. The molecule has 2 rings (SSSR count). The Kier molecular flexibility index (Phi) is 5.46. The second-order valence-corrected chi connectivity index (χ2v) is 5.48. The quantitative estimate of drug-likeness (QED) is 0.796. The van der Waals surface area contributed by atoms with E-state index in [9.17, 15) is 5.11 Å². The van der Waals surface area contributed by atoms with Crippen molar-refractivity contribution in [3.05, 3.63) is 30.3 Å². The molecule has 5 heteroatoms. The number of benzene rings is 1. The van der Waals surface area contributed by atoms with Gasteiger partial charge in [0.25, 0.3) is 0 Å². The highest BCUT2D eigenvalue weighted by atomic mass is 32.2. The van der Waals surface area contributed by atoms with Gasteiger partial charge in [0.15, 0.2) is 0 Å². The van der Waals surface area contributed by atoms with Gasteiger partial charge in [0.05, 0.1) is 18.8 Å². The topological polar surface area (TPSA) is 58.9 Å². The smallest absolute Gasteiger partial charge is 0.143 e. The van der Waals surface area contributed by atoms with Crippen LogP contribution in [0.4, 0.5) is 0 Å². The number of aliphatic hydroxyl groups excluding tert-OH is 2.